The van der Waals surface area contributed by atoms with Gasteiger partial charge in [0.2, 0.25) is 21.8 Å². The van der Waals surface area contributed by atoms with Gasteiger partial charge in [-0.05, 0) is 64.7 Å². The van der Waals surface area contributed by atoms with Crippen molar-refractivity contribution in [2.45, 2.75) is 45.3 Å². The Morgan fingerprint density at radius 2 is 1.62 bits per heavy atom. The van der Waals surface area contributed by atoms with Gasteiger partial charge in [-0.1, -0.05) is 73.1 Å². The zero-order valence-corrected chi connectivity index (χ0v) is 25.3. The van der Waals surface area contributed by atoms with Crippen LogP contribution in [0.4, 0.5) is 5.69 Å². The Morgan fingerprint density at radius 1 is 0.974 bits per heavy atom. The highest BCUT2D eigenvalue weighted by Crippen LogP contribution is 2.28. The summed E-state index contributed by atoms with van der Waals surface area (Å²) in [5, 5.41) is 3.50. The lowest BCUT2D eigenvalue weighted by molar-refractivity contribution is -0.140. The van der Waals surface area contributed by atoms with Crippen molar-refractivity contribution in [3.63, 3.8) is 0 Å². The Balaban J connectivity index is 2.07. The molecule has 2 atom stereocenters. The van der Waals surface area contributed by atoms with Gasteiger partial charge in [-0.2, -0.15) is 0 Å². The zero-order chi connectivity index (χ0) is 28.6. The SMILES string of the molecule is CC[C@@H](C)NC(=O)[C@H](Cc1ccccc1)N(Cc1cccc(Cl)c1)C(=O)CN(c1ccccc1Br)S(C)(=O)=O. The second kappa shape index (κ2) is 14.0. The second-order valence-corrected chi connectivity index (χ2v) is 12.6. The van der Waals surface area contributed by atoms with Gasteiger partial charge >= 0.3 is 0 Å². The third-order valence-electron chi connectivity index (χ3n) is 6.31. The van der Waals surface area contributed by atoms with E-state index < -0.39 is 28.5 Å². The second-order valence-electron chi connectivity index (χ2n) is 9.40. The molecule has 2 amide bonds. The number of hydrogen-bond acceptors (Lipinski definition) is 4. The van der Waals surface area contributed by atoms with Crippen molar-refractivity contribution in [3.8, 4) is 0 Å². The van der Waals surface area contributed by atoms with Crippen molar-refractivity contribution in [3.05, 3.63) is 99.5 Å². The van der Waals surface area contributed by atoms with Crippen LogP contribution in [-0.2, 0) is 32.6 Å². The van der Waals surface area contributed by atoms with E-state index in [1.807, 2.05) is 50.2 Å². The number of halogens is 2. The Kier molecular flexibility index (Phi) is 11.0. The molecule has 0 aromatic heterocycles. The standard InChI is InChI=1S/C29H33BrClN3O4S/c1-4-21(2)32-29(36)27(18-22-11-6-5-7-12-22)33(19-23-13-10-14-24(31)17-23)28(35)20-34(39(3,37)38)26-16-9-8-15-25(26)30/h5-17,21,27H,4,18-20H2,1-3H3,(H,32,36)/t21-,27+/m1/s1. The van der Waals surface area contributed by atoms with E-state index in [1.165, 1.54) is 4.90 Å². The van der Waals surface area contributed by atoms with E-state index in [9.17, 15) is 18.0 Å². The molecule has 0 saturated heterocycles. The van der Waals surface area contributed by atoms with Gasteiger partial charge in [0.25, 0.3) is 0 Å². The quantitative estimate of drug-likeness (QED) is 0.288. The summed E-state index contributed by atoms with van der Waals surface area (Å²) in [5.74, 6) is -0.827. The molecule has 1 N–H and O–H groups in total. The normalized spacial score (nSPS) is 12.8. The highest BCUT2D eigenvalue weighted by Gasteiger charge is 2.33. The Morgan fingerprint density at radius 3 is 2.23 bits per heavy atom. The Labute approximate surface area is 244 Å². The minimum absolute atomic E-state index is 0.0678. The predicted octanol–water partition coefficient (Wildman–Crippen LogP) is 5.42. The molecule has 0 bridgehead atoms. The molecule has 0 aliphatic carbocycles. The minimum atomic E-state index is -3.84. The summed E-state index contributed by atoms with van der Waals surface area (Å²) in [6, 6.07) is 22.3. The third kappa shape index (κ3) is 8.81. The van der Waals surface area contributed by atoms with Gasteiger partial charge < -0.3 is 10.2 Å². The van der Waals surface area contributed by atoms with Gasteiger partial charge in [-0.15, -0.1) is 0 Å². The lowest BCUT2D eigenvalue weighted by Gasteiger charge is -2.34. The maximum atomic E-state index is 14.1. The molecule has 208 valence electrons. The minimum Gasteiger partial charge on any atom is -0.352 e. The van der Waals surface area contributed by atoms with Gasteiger partial charge in [0.1, 0.15) is 12.6 Å². The van der Waals surface area contributed by atoms with Crippen molar-refractivity contribution >= 4 is 55.1 Å². The van der Waals surface area contributed by atoms with Crippen LogP contribution in [0.5, 0.6) is 0 Å². The number of benzene rings is 3. The van der Waals surface area contributed by atoms with E-state index in [4.69, 9.17) is 11.6 Å². The third-order valence-corrected chi connectivity index (χ3v) is 8.35. The van der Waals surface area contributed by atoms with Gasteiger partial charge in [0.05, 0.1) is 11.9 Å². The van der Waals surface area contributed by atoms with Crippen molar-refractivity contribution in [1.82, 2.24) is 10.2 Å². The summed E-state index contributed by atoms with van der Waals surface area (Å²) in [4.78, 5) is 29.2. The van der Waals surface area contributed by atoms with Gasteiger partial charge in [0.15, 0.2) is 0 Å². The molecule has 0 aliphatic heterocycles. The molecule has 0 saturated carbocycles. The maximum Gasteiger partial charge on any atom is 0.244 e. The summed E-state index contributed by atoms with van der Waals surface area (Å²) in [5.41, 5.74) is 1.92. The monoisotopic (exact) mass is 633 g/mol. The largest absolute Gasteiger partial charge is 0.352 e. The average molecular weight is 635 g/mol. The molecule has 3 rings (SSSR count). The molecule has 0 radical (unpaired) electrons. The van der Waals surface area contributed by atoms with Crippen LogP contribution < -0.4 is 9.62 Å². The highest BCUT2D eigenvalue weighted by atomic mass is 79.9. The maximum absolute atomic E-state index is 14.1. The van der Waals surface area contributed by atoms with E-state index in [0.29, 0.717) is 15.2 Å². The van der Waals surface area contributed by atoms with Crippen LogP contribution in [0.25, 0.3) is 0 Å². The van der Waals surface area contributed by atoms with Crippen LogP contribution in [0.1, 0.15) is 31.4 Å². The molecule has 0 aliphatic rings. The summed E-state index contributed by atoms with van der Waals surface area (Å²) in [6.45, 7) is 3.45. The molecule has 0 unspecified atom stereocenters. The molecule has 0 heterocycles. The summed E-state index contributed by atoms with van der Waals surface area (Å²) in [7, 11) is -3.84. The molecule has 0 fully saturated rings. The fraction of sp³-hybridized carbons (Fsp3) is 0.310. The number of sulfonamides is 1. The summed E-state index contributed by atoms with van der Waals surface area (Å²) >= 11 is 9.63. The molecule has 3 aromatic rings. The lowest BCUT2D eigenvalue weighted by atomic mass is 10.0. The first kappa shape index (κ1) is 30.7. The molecular weight excluding hydrogens is 602 g/mol. The Bertz CT molecular complexity index is 1390. The van der Waals surface area contributed by atoms with Gasteiger partial charge in [0, 0.05) is 28.5 Å². The number of carbonyl (C=O) groups is 2. The topological polar surface area (TPSA) is 86.8 Å². The molecule has 39 heavy (non-hydrogen) atoms. The smallest absolute Gasteiger partial charge is 0.244 e. The number of nitrogens with one attached hydrogen (secondary N) is 1. The van der Waals surface area contributed by atoms with E-state index >= 15 is 0 Å². The molecule has 3 aromatic carbocycles. The van der Waals surface area contributed by atoms with E-state index in [-0.39, 0.29) is 24.9 Å². The predicted molar refractivity (Wildman–Crippen MR) is 160 cm³/mol. The number of amides is 2. The van der Waals surface area contributed by atoms with Crippen LogP contribution in [0.15, 0.2) is 83.3 Å². The van der Waals surface area contributed by atoms with E-state index in [2.05, 4.69) is 21.2 Å². The van der Waals surface area contributed by atoms with E-state index in [1.54, 1.807) is 42.5 Å². The lowest BCUT2D eigenvalue weighted by Crippen LogP contribution is -2.54. The molecule has 10 heteroatoms. The molecular formula is C29H33BrClN3O4S. The molecule has 0 spiro atoms. The van der Waals surface area contributed by atoms with Crippen LogP contribution in [0.3, 0.4) is 0 Å². The number of hydrogen-bond donors (Lipinski definition) is 1. The fourth-order valence-corrected chi connectivity index (χ4v) is 5.77. The van der Waals surface area contributed by atoms with Crippen molar-refractivity contribution < 1.29 is 18.0 Å². The highest BCUT2D eigenvalue weighted by molar-refractivity contribution is 9.10. The fourth-order valence-electron chi connectivity index (χ4n) is 4.08. The van der Waals surface area contributed by atoms with Gasteiger partial charge in [-0.25, -0.2) is 8.42 Å². The first-order valence-electron chi connectivity index (χ1n) is 12.6. The molecule has 7 nitrogen and oxygen atoms in total. The number of carbonyl (C=O) groups excluding carboxylic acids is 2. The number of rotatable bonds is 12. The number of para-hydroxylation sites is 1. The van der Waals surface area contributed by atoms with Crippen molar-refractivity contribution in [2.24, 2.45) is 0 Å². The first-order valence-corrected chi connectivity index (χ1v) is 15.6. The van der Waals surface area contributed by atoms with E-state index in [0.717, 1.165) is 28.1 Å². The Hall–Kier alpha value is -2.88. The average Bonchev–Trinajstić information content (AvgIpc) is 2.89. The summed E-state index contributed by atoms with van der Waals surface area (Å²) < 4.78 is 27.3. The number of anilines is 1. The van der Waals surface area contributed by atoms with Crippen molar-refractivity contribution in [2.75, 3.05) is 17.1 Å². The van der Waals surface area contributed by atoms with Gasteiger partial charge in [-0.3, -0.25) is 13.9 Å². The van der Waals surface area contributed by atoms with Crippen LogP contribution in [0, 0.1) is 0 Å². The zero-order valence-electron chi connectivity index (χ0n) is 22.2. The van der Waals surface area contributed by atoms with Crippen molar-refractivity contribution in [1.29, 1.82) is 0 Å². The summed E-state index contributed by atoms with van der Waals surface area (Å²) in [6.07, 6.45) is 2.03. The first-order chi connectivity index (χ1) is 18.5. The van der Waals surface area contributed by atoms with Crippen LogP contribution in [-0.4, -0.2) is 50.0 Å². The van der Waals surface area contributed by atoms with Crippen LogP contribution in [0.2, 0.25) is 5.02 Å². The number of nitrogens with zero attached hydrogens (tertiary/aromatic N) is 2. The van der Waals surface area contributed by atoms with Crippen LogP contribution >= 0.6 is 27.5 Å².